The predicted molar refractivity (Wildman–Crippen MR) is 122 cm³/mol. The Kier molecular flexibility index (Phi) is 6.58. The van der Waals surface area contributed by atoms with Crippen molar-refractivity contribution in [2.75, 3.05) is 18.6 Å². The summed E-state index contributed by atoms with van der Waals surface area (Å²) < 4.78 is 25.5. The Morgan fingerprint density at radius 2 is 1.88 bits per heavy atom. The molecule has 33 heavy (non-hydrogen) atoms. The summed E-state index contributed by atoms with van der Waals surface area (Å²) in [5.41, 5.74) is 3.51. The van der Waals surface area contributed by atoms with E-state index in [2.05, 4.69) is 0 Å². The van der Waals surface area contributed by atoms with E-state index in [0.717, 1.165) is 23.2 Å². The maximum absolute atomic E-state index is 14.3. The molecule has 0 atom stereocenters. The average Bonchev–Trinajstić information content (AvgIpc) is 3.26. The van der Waals surface area contributed by atoms with Gasteiger partial charge in [-0.1, -0.05) is 36.4 Å². The number of aliphatic carboxylic acids is 1. The van der Waals surface area contributed by atoms with Gasteiger partial charge in [0.1, 0.15) is 23.9 Å². The van der Waals surface area contributed by atoms with Crippen LogP contribution in [0.5, 0.6) is 11.5 Å². The van der Waals surface area contributed by atoms with Gasteiger partial charge in [-0.3, -0.25) is 9.59 Å². The highest BCUT2D eigenvalue weighted by Crippen LogP contribution is 2.35. The highest BCUT2D eigenvalue weighted by molar-refractivity contribution is 6.09. The number of aryl methyl sites for hydroxylation is 1. The first-order valence-corrected chi connectivity index (χ1v) is 10.7. The van der Waals surface area contributed by atoms with E-state index in [4.69, 9.17) is 14.6 Å². The van der Waals surface area contributed by atoms with Crippen LogP contribution in [0.4, 0.5) is 10.1 Å². The molecule has 0 bridgehead atoms. The maximum atomic E-state index is 14.3. The summed E-state index contributed by atoms with van der Waals surface area (Å²) >= 11 is 0. The van der Waals surface area contributed by atoms with Gasteiger partial charge in [-0.2, -0.15) is 0 Å². The average molecular weight is 449 g/mol. The minimum Gasteiger partial charge on any atom is -0.496 e. The molecule has 1 heterocycles. The van der Waals surface area contributed by atoms with Gasteiger partial charge in [0.05, 0.1) is 18.4 Å². The normalized spacial score (nSPS) is 12.4. The SMILES string of the molecule is COc1ccccc1C(=O)N1CCc2cccc(COc3ccc(CCC(=O)O)c(F)c3)c21. The van der Waals surface area contributed by atoms with Gasteiger partial charge in [0.25, 0.3) is 5.91 Å². The van der Waals surface area contributed by atoms with E-state index in [1.807, 2.05) is 24.3 Å². The fourth-order valence-electron chi connectivity index (χ4n) is 4.05. The number of methoxy groups -OCH3 is 1. The molecule has 1 N–H and O–H groups in total. The fourth-order valence-corrected chi connectivity index (χ4v) is 4.05. The number of rotatable bonds is 8. The minimum atomic E-state index is -0.972. The number of ether oxygens (including phenoxy) is 2. The fraction of sp³-hybridized carbons (Fsp3) is 0.231. The number of nitrogens with zero attached hydrogens (tertiary/aromatic N) is 1. The molecular formula is C26H24FNO5. The summed E-state index contributed by atoms with van der Waals surface area (Å²) in [5.74, 6) is -0.764. The molecule has 1 aliphatic heterocycles. The summed E-state index contributed by atoms with van der Waals surface area (Å²) in [4.78, 5) is 25.8. The van der Waals surface area contributed by atoms with Crippen molar-refractivity contribution in [1.82, 2.24) is 0 Å². The summed E-state index contributed by atoms with van der Waals surface area (Å²) in [5, 5.41) is 8.79. The second-order valence-corrected chi connectivity index (χ2v) is 7.77. The second kappa shape index (κ2) is 9.73. The topological polar surface area (TPSA) is 76.1 Å². The molecule has 0 radical (unpaired) electrons. The number of hydrogen-bond acceptors (Lipinski definition) is 4. The smallest absolute Gasteiger partial charge is 0.303 e. The third kappa shape index (κ3) is 4.82. The van der Waals surface area contributed by atoms with Crippen molar-refractivity contribution in [1.29, 1.82) is 0 Å². The third-order valence-corrected chi connectivity index (χ3v) is 5.69. The zero-order valence-electron chi connectivity index (χ0n) is 18.2. The van der Waals surface area contributed by atoms with Crippen LogP contribution in [0.25, 0.3) is 0 Å². The highest BCUT2D eigenvalue weighted by Gasteiger charge is 2.29. The van der Waals surface area contributed by atoms with E-state index < -0.39 is 11.8 Å². The number of carboxylic acids is 1. The molecule has 1 aliphatic rings. The van der Waals surface area contributed by atoms with Gasteiger partial charge < -0.3 is 19.5 Å². The first-order chi connectivity index (χ1) is 16.0. The quantitative estimate of drug-likeness (QED) is 0.543. The van der Waals surface area contributed by atoms with E-state index in [-0.39, 0.29) is 25.4 Å². The lowest BCUT2D eigenvalue weighted by atomic mass is 10.1. The van der Waals surface area contributed by atoms with Crippen molar-refractivity contribution >= 4 is 17.6 Å². The molecule has 0 aromatic heterocycles. The van der Waals surface area contributed by atoms with Gasteiger partial charge in [0, 0.05) is 24.6 Å². The Hall–Kier alpha value is -3.87. The molecular weight excluding hydrogens is 425 g/mol. The molecule has 0 aliphatic carbocycles. The molecule has 4 rings (SSSR count). The number of benzene rings is 3. The van der Waals surface area contributed by atoms with Crippen LogP contribution in [0.15, 0.2) is 60.7 Å². The number of carboxylic acid groups (broad SMARTS) is 1. The van der Waals surface area contributed by atoms with Crippen molar-refractivity contribution in [3.63, 3.8) is 0 Å². The molecule has 0 fully saturated rings. The van der Waals surface area contributed by atoms with Crippen LogP contribution in [0.3, 0.4) is 0 Å². The summed E-state index contributed by atoms with van der Waals surface area (Å²) in [6.07, 6.45) is 0.716. The number of carbonyl (C=O) groups is 2. The van der Waals surface area contributed by atoms with E-state index in [1.165, 1.54) is 13.2 Å². The Morgan fingerprint density at radius 1 is 1.06 bits per heavy atom. The van der Waals surface area contributed by atoms with Crippen molar-refractivity contribution in [3.8, 4) is 11.5 Å². The Bertz CT molecular complexity index is 1190. The van der Waals surface area contributed by atoms with Crippen LogP contribution in [0.1, 0.15) is 33.5 Å². The third-order valence-electron chi connectivity index (χ3n) is 5.69. The van der Waals surface area contributed by atoms with Crippen molar-refractivity contribution in [2.24, 2.45) is 0 Å². The van der Waals surface area contributed by atoms with Crippen LogP contribution < -0.4 is 14.4 Å². The highest BCUT2D eigenvalue weighted by atomic mass is 19.1. The van der Waals surface area contributed by atoms with E-state index >= 15 is 0 Å². The molecule has 6 nitrogen and oxygen atoms in total. The summed E-state index contributed by atoms with van der Waals surface area (Å²) in [6.45, 7) is 0.711. The van der Waals surface area contributed by atoms with Crippen LogP contribution in [0.2, 0.25) is 0 Å². The zero-order valence-corrected chi connectivity index (χ0v) is 18.2. The largest absolute Gasteiger partial charge is 0.496 e. The number of anilines is 1. The predicted octanol–water partition coefficient (Wildman–Crippen LogP) is 4.63. The van der Waals surface area contributed by atoms with E-state index in [9.17, 15) is 14.0 Å². The first-order valence-electron chi connectivity index (χ1n) is 10.7. The molecule has 3 aromatic carbocycles. The summed E-state index contributed by atoms with van der Waals surface area (Å²) in [7, 11) is 1.54. The molecule has 0 saturated heterocycles. The number of para-hydroxylation sites is 2. The Balaban J connectivity index is 1.53. The van der Waals surface area contributed by atoms with E-state index in [0.29, 0.717) is 29.2 Å². The number of halogens is 1. The van der Waals surface area contributed by atoms with Gasteiger partial charge in [0.2, 0.25) is 0 Å². The number of amides is 1. The van der Waals surface area contributed by atoms with Crippen molar-refractivity contribution in [3.05, 3.63) is 88.7 Å². The molecule has 1 amide bonds. The number of hydrogen-bond donors (Lipinski definition) is 1. The first kappa shape index (κ1) is 22.3. The Labute approximate surface area is 191 Å². The van der Waals surface area contributed by atoms with Gasteiger partial charge in [0.15, 0.2) is 0 Å². The van der Waals surface area contributed by atoms with Gasteiger partial charge >= 0.3 is 5.97 Å². The lowest BCUT2D eigenvalue weighted by Gasteiger charge is -2.22. The standard InChI is InChI=1S/C26H24FNO5/c1-32-23-8-3-2-7-21(23)26(31)28-14-13-18-5-4-6-19(25(18)28)16-33-20-11-9-17(22(27)15-20)10-12-24(29)30/h2-9,11,15H,10,12-14,16H2,1H3,(H,29,30). The lowest BCUT2D eigenvalue weighted by Crippen LogP contribution is -2.30. The van der Waals surface area contributed by atoms with Crippen LogP contribution in [-0.4, -0.2) is 30.6 Å². The van der Waals surface area contributed by atoms with Gasteiger partial charge in [-0.05, 0) is 42.2 Å². The van der Waals surface area contributed by atoms with E-state index in [1.54, 1.807) is 35.2 Å². The molecule has 170 valence electrons. The van der Waals surface area contributed by atoms with Crippen LogP contribution >= 0.6 is 0 Å². The molecule has 0 spiro atoms. The number of fused-ring (bicyclic) bond motifs is 1. The molecule has 0 saturated carbocycles. The number of carbonyl (C=O) groups excluding carboxylic acids is 1. The molecule has 0 unspecified atom stereocenters. The molecule has 7 heteroatoms. The van der Waals surface area contributed by atoms with Crippen LogP contribution in [0, 0.1) is 5.82 Å². The monoisotopic (exact) mass is 449 g/mol. The van der Waals surface area contributed by atoms with Crippen molar-refractivity contribution < 1.29 is 28.6 Å². The van der Waals surface area contributed by atoms with Crippen molar-refractivity contribution in [2.45, 2.75) is 25.9 Å². The van der Waals surface area contributed by atoms with Crippen LogP contribution in [-0.2, 0) is 24.2 Å². The Morgan fingerprint density at radius 3 is 2.64 bits per heavy atom. The maximum Gasteiger partial charge on any atom is 0.303 e. The zero-order chi connectivity index (χ0) is 23.4. The molecule has 3 aromatic rings. The van der Waals surface area contributed by atoms with Gasteiger partial charge in [-0.25, -0.2) is 4.39 Å². The van der Waals surface area contributed by atoms with Gasteiger partial charge in [-0.15, -0.1) is 0 Å². The lowest BCUT2D eigenvalue weighted by molar-refractivity contribution is -0.136. The summed E-state index contributed by atoms with van der Waals surface area (Å²) in [6, 6.07) is 17.4. The minimum absolute atomic E-state index is 0.119. The second-order valence-electron chi connectivity index (χ2n) is 7.77.